The van der Waals surface area contributed by atoms with Crippen LogP contribution in [0.5, 0.6) is 0 Å². The van der Waals surface area contributed by atoms with Crippen LogP contribution in [0.3, 0.4) is 0 Å². The first-order chi connectivity index (χ1) is 13.9. The zero-order valence-electron chi connectivity index (χ0n) is 17.0. The molecule has 2 aromatic carbocycles. The van der Waals surface area contributed by atoms with Crippen molar-refractivity contribution in [3.8, 4) is 0 Å². The van der Waals surface area contributed by atoms with Gasteiger partial charge in [-0.25, -0.2) is 13.1 Å². The second kappa shape index (κ2) is 10.1. The molecular weight excluding hydrogens is 404 g/mol. The normalized spacial score (nSPS) is 19.1. The molecule has 4 nitrogen and oxygen atoms in total. The number of rotatable bonds is 9. The maximum absolute atomic E-state index is 11.8. The summed E-state index contributed by atoms with van der Waals surface area (Å²) < 4.78 is 26.2. The van der Waals surface area contributed by atoms with Crippen molar-refractivity contribution in [3.63, 3.8) is 0 Å². The molecule has 1 aliphatic rings. The van der Waals surface area contributed by atoms with Crippen molar-refractivity contribution < 1.29 is 8.42 Å². The van der Waals surface area contributed by atoms with Crippen LogP contribution in [0.15, 0.2) is 42.5 Å². The highest BCUT2D eigenvalue weighted by Gasteiger charge is 2.27. The van der Waals surface area contributed by atoms with Crippen LogP contribution in [0.1, 0.15) is 54.4 Å². The van der Waals surface area contributed by atoms with Crippen LogP contribution in [0.4, 0.5) is 0 Å². The standard InChI is InChI=1S/C23H31ClN2O2S/c1-2-13-29(27,28)26-12-4-6-17-8-9-19-10-11-23(25)22(21(19)15-17)16-18-5-3-7-20(24)14-18/h3,5,7-9,14-15,22-23,26H,2,4,6,10-13,16,25H2,1H3. The van der Waals surface area contributed by atoms with Gasteiger partial charge in [-0.15, -0.1) is 0 Å². The minimum Gasteiger partial charge on any atom is -0.327 e. The molecule has 158 valence electrons. The zero-order valence-corrected chi connectivity index (χ0v) is 18.6. The van der Waals surface area contributed by atoms with Gasteiger partial charge in [0.2, 0.25) is 10.0 Å². The quantitative estimate of drug-likeness (QED) is 0.581. The lowest BCUT2D eigenvalue weighted by atomic mass is 9.76. The molecule has 29 heavy (non-hydrogen) atoms. The number of fused-ring (bicyclic) bond motifs is 1. The average Bonchev–Trinajstić information content (AvgIpc) is 2.67. The molecule has 0 spiro atoms. The lowest BCUT2D eigenvalue weighted by Gasteiger charge is -2.32. The summed E-state index contributed by atoms with van der Waals surface area (Å²) in [5.41, 5.74) is 11.7. The van der Waals surface area contributed by atoms with Crippen molar-refractivity contribution in [1.29, 1.82) is 0 Å². The topological polar surface area (TPSA) is 72.2 Å². The molecule has 2 unspecified atom stereocenters. The summed E-state index contributed by atoms with van der Waals surface area (Å²) in [6.45, 7) is 2.35. The highest BCUT2D eigenvalue weighted by Crippen LogP contribution is 2.34. The third-order valence-corrected chi connectivity index (χ3v) is 7.48. The first-order valence-corrected chi connectivity index (χ1v) is 12.5. The summed E-state index contributed by atoms with van der Waals surface area (Å²) in [6, 6.07) is 14.8. The van der Waals surface area contributed by atoms with Gasteiger partial charge in [0.05, 0.1) is 5.75 Å². The Hall–Kier alpha value is -1.40. The molecule has 0 aromatic heterocycles. The molecule has 0 fully saturated rings. The molecule has 0 aliphatic heterocycles. The molecule has 2 atom stereocenters. The molecule has 2 aromatic rings. The van der Waals surface area contributed by atoms with Crippen molar-refractivity contribution in [2.75, 3.05) is 12.3 Å². The van der Waals surface area contributed by atoms with Crippen LogP contribution in [-0.2, 0) is 29.3 Å². The number of hydrogen-bond acceptors (Lipinski definition) is 3. The lowest BCUT2D eigenvalue weighted by molar-refractivity contribution is 0.467. The van der Waals surface area contributed by atoms with E-state index in [1.54, 1.807) is 0 Å². The fourth-order valence-corrected chi connectivity index (χ4v) is 5.52. The van der Waals surface area contributed by atoms with E-state index in [4.69, 9.17) is 17.3 Å². The van der Waals surface area contributed by atoms with Crippen molar-refractivity contribution in [1.82, 2.24) is 4.72 Å². The number of nitrogens with two attached hydrogens (primary N) is 1. The molecule has 0 saturated heterocycles. The number of sulfonamides is 1. The zero-order chi connectivity index (χ0) is 20.9. The second-order valence-electron chi connectivity index (χ2n) is 7.99. The Balaban J connectivity index is 1.68. The van der Waals surface area contributed by atoms with Gasteiger partial charge in [-0.3, -0.25) is 0 Å². The molecule has 3 rings (SSSR count). The van der Waals surface area contributed by atoms with E-state index in [9.17, 15) is 8.42 Å². The molecule has 6 heteroatoms. The number of aryl methyl sites for hydroxylation is 2. The first kappa shape index (κ1) is 22.3. The largest absolute Gasteiger partial charge is 0.327 e. The summed E-state index contributed by atoms with van der Waals surface area (Å²) in [5, 5.41) is 0.756. The van der Waals surface area contributed by atoms with E-state index < -0.39 is 10.0 Å². The highest BCUT2D eigenvalue weighted by atomic mass is 35.5. The van der Waals surface area contributed by atoms with E-state index in [1.807, 2.05) is 25.1 Å². The van der Waals surface area contributed by atoms with E-state index in [0.717, 1.165) is 37.1 Å². The fraction of sp³-hybridized carbons (Fsp3) is 0.478. The van der Waals surface area contributed by atoms with Crippen molar-refractivity contribution in [3.05, 3.63) is 69.7 Å². The monoisotopic (exact) mass is 434 g/mol. The minimum absolute atomic E-state index is 0.137. The molecular formula is C23H31ClN2O2S. The molecule has 1 aliphatic carbocycles. The summed E-state index contributed by atoms with van der Waals surface area (Å²) >= 11 is 6.17. The van der Waals surface area contributed by atoms with E-state index in [-0.39, 0.29) is 17.7 Å². The predicted molar refractivity (Wildman–Crippen MR) is 121 cm³/mol. The van der Waals surface area contributed by atoms with Gasteiger partial charge >= 0.3 is 0 Å². The van der Waals surface area contributed by atoms with Crippen LogP contribution in [0.2, 0.25) is 5.02 Å². The van der Waals surface area contributed by atoms with Crippen LogP contribution in [0.25, 0.3) is 0 Å². The van der Waals surface area contributed by atoms with Crippen molar-refractivity contribution >= 4 is 21.6 Å². The summed E-state index contributed by atoms with van der Waals surface area (Å²) in [4.78, 5) is 0. The minimum atomic E-state index is -3.13. The maximum Gasteiger partial charge on any atom is 0.211 e. The SMILES string of the molecule is CCCS(=O)(=O)NCCCc1ccc2c(c1)C(Cc1cccc(Cl)c1)C(N)CC2. The third-order valence-electron chi connectivity index (χ3n) is 5.66. The van der Waals surface area contributed by atoms with E-state index in [1.165, 1.54) is 22.3 Å². The highest BCUT2D eigenvalue weighted by molar-refractivity contribution is 7.89. The summed E-state index contributed by atoms with van der Waals surface area (Å²) in [6.07, 6.45) is 5.16. The maximum atomic E-state index is 11.8. The molecule has 0 amide bonds. The van der Waals surface area contributed by atoms with E-state index >= 15 is 0 Å². The number of nitrogens with one attached hydrogen (secondary N) is 1. The Bertz CT molecular complexity index is 930. The number of benzene rings is 2. The van der Waals surface area contributed by atoms with Crippen LogP contribution in [-0.4, -0.2) is 26.8 Å². The first-order valence-electron chi connectivity index (χ1n) is 10.5. The Morgan fingerprint density at radius 2 is 2.00 bits per heavy atom. The van der Waals surface area contributed by atoms with Gasteiger partial charge in [0.15, 0.2) is 0 Å². The molecule has 3 N–H and O–H groups in total. The second-order valence-corrected chi connectivity index (χ2v) is 10.4. The average molecular weight is 435 g/mol. The van der Waals surface area contributed by atoms with Gasteiger partial charge in [0, 0.05) is 23.5 Å². The van der Waals surface area contributed by atoms with Gasteiger partial charge in [-0.1, -0.05) is 48.9 Å². The van der Waals surface area contributed by atoms with Crippen molar-refractivity contribution in [2.24, 2.45) is 5.73 Å². The van der Waals surface area contributed by atoms with Gasteiger partial charge in [0.25, 0.3) is 0 Å². The Morgan fingerprint density at radius 3 is 2.76 bits per heavy atom. The molecule has 0 bridgehead atoms. The smallest absolute Gasteiger partial charge is 0.211 e. The Labute approximate surface area is 179 Å². The van der Waals surface area contributed by atoms with Crippen LogP contribution in [0, 0.1) is 0 Å². The van der Waals surface area contributed by atoms with Crippen LogP contribution >= 0.6 is 11.6 Å². The summed E-state index contributed by atoms with van der Waals surface area (Å²) in [7, 11) is -3.13. The van der Waals surface area contributed by atoms with Crippen molar-refractivity contribution in [2.45, 2.75) is 57.4 Å². The number of hydrogen-bond donors (Lipinski definition) is 2. The molecule has 0 radical (unpaired) electrons. The lowest BCUT2D eigenvalue weighted by Crippen LogP contribution is -2.34. The van der Waals surface area contributed by atoms with E-state index in [2.05, 4.69) is 29.0 Å². The van der Waals surface area contributed by atoms with Gasteiger partial charge in [-0.05, 0) is 72.9 Å². The Morgan fingerprint density at radius 1 is 1.17 bits per heavy atom. The summed E-state index contributed by atoms with van der Waals surface area (Å²) in [5.74, 6) is 0.467. The third kappa shape index (κ3) is 6.29. The van der Waals surface area contributed by atoms with Gasteiger partial charge in [-0.2, -0.15) is 0 Å². The molecule has 0 saturated carbocycles. The molecule has 0 heterocycles. The van der Waals surface area contributed by atoms with E-state index in [0.29, 0.717) is 13.0 Å². The fourth-order valence-electron chi connectivity index (χ4n) is 4.17. The number of halogens is 1. The van der Waals surface area contributed by atoms with Crippen LogP contribution < -0.4 is 10.5 Å². The van der Waals surface area contributed by atoms with Gasteiger partial charge < -0.3 is 5.73 Å². The Kier molecular flexibility index (Phi) is 7.74. The van der Waals surface area contributed by atoms with Gasteiger partial charge in [0.1, 0.15) is 0 Å². The predicted octanol–water partition coefficient (Wildman–Crippen LogP) is 4.20.